The summed E-state index contributed by atoms with van der Waals surface area (Å²) in [5.74, 6) is 2.25. The molecule has 0 radical (unpaired) electrons. The monoisotopic (exact) mass is 299 g/mol. The molecular formula is C14H22BrNO. The van der Waals surface area contributed by atoms with Crippen LogP contribution in [0.2, 0.25) is 0 Å². The SMILES string of the molecule is COc1cccc(N(C)CC(CBr)C(C)C)c1. The van der Waals surface area contributed by atoms with Gasteiger partial charge in [-0.1, -0.05) is 35.8 Å². The van der Waals surface area contributed by atoms with E-state index in [4.69, 9.17) is 4.74 Å². The van der Waals surface area contributed by atoms with Crippen LogP contribution >= 0.6 is 15.9 Å². The Kier molecular flexibility index (Phi) is 5.83. The molecule has 0 amide bonds. The zero-order chi connectivity index (χ0) is 12.8. The van der Waals surface area contributed by atoms with Gasteiger partial charge in [-0.2, -0.15) is 0 Å². The minimum absolute atomic E-state index is 0.659. The summed E-state index contributed by atoms with van der Waals surface area (Å²) in [6, 6.07) is 8.20. The average Bonchev–Trinajstić information content (AvgIpc) is 2.35. The van der Waals surface area contributed by atoms with E-state index in [0.717, 1.165) is 17.6 Å². The van der Waals surface area contributed by atoms with Crippen molar-refractivity contribution in [3.63, 3.8) is 0 Å². The third-order valence-electron chi connectivity index (χ3n) is 3.14. The molecule has 0 aliphatic carbocycles. The average molecular weight is 300 g/mol. The molecule has 0 aliphatic rings. The maximum absolute atomic E-state index is 5.25. The van der Waals surface area contributed by atoms with Gasteiger partial charge in [0.05, 0.1) is 7.11 Å². The van der Waals surface area contributed by atoms with Gasteiger partial charge in [-0.3, -0.25) is 0 Å². The van der Waals surface area contributed by atoms with Crippen molar-refractivity contribution in [2.24, 2.45) is 11.8 Å². The lowest BCUT2D eigenvalue weighted by Crippen LogP contribution is -2.29. The van der Waals surface area contributed by atoms with Gasteiger partial charge >= 0.3 is 0 Å². The fourth-order valence-electron chi connectivity index (χ4n) is 1.74. The Bertz CT molecular complexity index is 341. The van der Waals surface area contributed by atoms with Crippen molar-refractivity contribution in [3.05, 3.63) is 24.3 Å². The number of hydrogen-bond donors (Lipinski definition) is 0. The summed E-state index contributed by atoms with van der Waals surface area (Å²) in [5, 5.41) is 1.04. The molecule has 0 spiro atoms. The van der Waals surface area contributed by atoms with E-state index in [1.54, 1.807) is 7.11 Å². The van der Waals surface area contributed by atoms with Crippen molar-refractivity contribution in [2.75, 3.05) is 30.9 Å². The van der Waals surface area contributed by atoms with Crippen LogP contribution in [-0.4, -0.2) is 26.0 Å². The Labute approximate surface area is 113 Å². The second-order valence-electron chi connectivity index (χ2n) is 4.74. The van der Waals surface area contributed by atoms with Crippen molar-refractivity contribution < 1.29 is 4.74 Å². The first-order valence-corrected chi connectivity index (χ1v) is 7.11. The van der Waals surface area contributed by atoms with Crippen LogP contribution in [0.4, 0.5) is 5.69 Å². The summed E-state index contributed by atoms with van der Waals surface area (Å²) < 4.78 is 5.25. The van der Waals surface area contributed by atoms with E-state index in [2.05, 4.69) is 53.9 Å². The summed E-state index contributed by atoms with van der Waals surface area (Å²) in [6.07, 6.45) is 0. The Hall–Kier alpha value is -0.700. The highest BCUT2D eigenvalue weighted by atomic mass is 79.9. The van der Waals surface area contributed by atoms with Gasteiger partial charge in [-0.25, -0.2) is 0 Å². The Morgan fingerprint density at radius 2 is 2.06 bits per heavy atom. The molecule has 0 aliphatic heterocycles. The Morgan fingerprint density at radius 1 is 1.35 bits per heavy atom. The number of nitrogens with zero attached hydrogens (tertiary/aromatic N) is 1. The van der Waals surface area contributed by atoms with Gasteiger partial charge in [0.2, 0.25) is 0 Å². The maximum atomic E-state index is 5.25. The number of anilines is 1. The first-order chi connectivity index (χ1) is 8.08. The molecule has 96 valence electrons. The molecule has 0 N–H and O–H groups in total. The number of ether oxygens (including phenoxy) is 1. The van der Waals surface area contributed by atoms with Crippen LogP contribution in [0, 0.1) is 11.8 Å². The van der Waals surface area contributed by atoms with Crippen LogP contribution in [0.5, 0.6) is 5.75 Å². The third kappa shape index (κ3) is 4.23. The smallest absolute Gasteiger partial charge is 0.120 e. The van der Waals surface area contributed by atoms with Crippen LogP contribution in [0.3, 0.4) is 0 Å². The van der Waals surface area contributed by atoms with Crippen LogP contribution < -0.4 is 9.64 Å². The molecule has 0 fully saturated rings. The molecule has 2 nitrogen and oxygen atoms in total. The lowest BCUT2D eigenvalue weighted by molar-refractivity contribution is 0.414. The maximum Gasteiger partial charge on any atom is 0.120 e. The molecule has 0 aromatic heterocycles. The minimum atomic E-state index is 0.659. The Balaban J connectivity index is 2.71. The van der Waals surface area contributed by atoms with E-state index in [1.807, 2.05) is 12.1 Å². The van der Waals surface area contributed by atoms with Crippen molar-refractivity contribution >= 4 is 21.6 Å². The predicted octanol–water partition coefficient (Wildman–Crippen LogP) is 3.80. The van der Waals surface area contributed by atoms with Crippen molar-refractivity contribution in [2.45, 2.75) is 13.8 Å². The molecule has 1 aromatic carbocycles. The largest absolute Gasteiger partial charge is 0.497 e. The predicted molar refractivity (Wildman–Crippen MR) is 78.4 cm³/mol. The fraction of sp³-hybridized carbons (Fsp3) is 0.571. The quantitative estimate of drug-likeness (QED) is 0.741. The standard InChI is InChI=1S/C14H22BrNO/c1-11(2)12(9-15)10-16(3)13-6-5-7-14(8-13)17-4/h5-8,11-12H,9-10H2,1-4H3. The van der Waals surface area contributed by atoms with Gasteiger partial charge in [0.1, 0.15) is 5.75 Å². The van der Waals surface area contributed by atoms with Crippen molar-refractivity contribution in [1.29, 1.82) is 0 Å². The highest BCUT2D eigenvalue weighted by Gasteiger charge is 2.14. The van der Waals surface area contributed by atoms with Gasteiger partial charge in [-0.15, -0.1) is 0 Å². The molecule has 1 aromatic rings. The van der Waals surface area contributed by atoms with Crippen LogP contribution in [0.1, 0.15) is 13.8 Å². The lowest BCUT2D eigenvalue weighted by Gasteiger charge is -2.27. The van der Waals surface area contributed by atoms with Gasteiger partial charge in [-0.05, 0) is 24.0 Å². The molecule has 17 heavy (non-hydrogen) atoms. The summed E-state index contributed by atoms with van der Waals surface area (Å²) in [4.78, 5) is 2.29. The van der Waals surface area contributed by atoms with Crippen LogP contribution in [-0.2, 0) is 0 Å². The van der Waals surface area contributed by atoms with E-state index in [9.17, 15) is 0 Å². The van der Waals surface area contributed by atoms with Crippen LogP contribution in [0.15, 0.2) is 24.3 Å². The topological polar surface area (TPSA) is 12.5 Å². The molecule has 0 saturated heterocycles. The number of halogens is 1. The number of alkyl halides is 1. The molecular weight excluding hydrogens is 278 g/mol. The highest BCUT2D eigenvalue weighted by Crippen LogP contribution is 2.23. The molecule has 1 unspecified atom stereocenters. The summed E-state index contributed by atoms with van der Waals surface area (Å²) >= 11 is 3.59. The molecule has 1 rings (SSSR count). The number of benzene rings is 1. The number of rotatable bonds is 6. The molecule has 0 bridgehead atoms. The van der Waals surface area contributed by atoms with E-state index in [-0.39, 0.29) is 0 Å². The highest BCUT2D eigenvalue weighted by molar-refractivity contribution is 9.09. The second kappa shape index (κ2) is 6.90. The normalized spacial score (nSPS) is 12.6. The summed E-state index contributed by atoms with van der Waals surface area (Å²) in [5.41, 5.74) is 1.20. The lowest BCUT2D eigenvalue weighted by atomic mass is 9.97. The summed E-state index contributed by atoms with van der Waals surface area (Å²) in [7, 11) is 3.83. The number of methoxy groups -OCH3 is 1. The zero-order valence-corrected chi connectivity index (χ0v) is 12.7. The van der Waals surface area contributed by atoms with E-state index in [1.165, 1.54) is 5.69 Å². The molecule has 0 heterocycles. The second-order valence-corrected chi connectivity index (χ2v) is 5.39. The fourth-order valence-corrected chi connectivity index (χ4v) is 2.70. The van der Waals surface area contributed by atoms with Gasteiger partial charge in [0, 0.05) is 30.7 Å². The van der Waals surface area contributed by atoms with E-state index in [0.29, 0.717) is 11.8 Å². The zero-order valence-electron chi connectivity index (χ0n) is 11.1. The van der Waals surface area contributed by atoms with E-state index < -0.39 is 0 Å². The van der Waals surface area contributed by atoms with Gasteiger partial charge in [0.15, 0.2) is 0 Å². The number of hydrogen-bond acceptors (Lipinski definition) is 2. The minimum Gasteiger partial charge on any atom is -0.497 e. The van der Waals surface area contributed by atoms with Gasteiger partial charge < -0.3 is 9.64 Å². The van der Waals surface area contributed by atoms with Crippen molar-refractivity contribution in [1.82, 2.24) is 0 Å². The Morgan fingerprint density at radius 3 is 2.59 bits per heavy atom. The molecule has 1 atom stereocenters. The van der Waals surface area contributed by atoms with E-state index >= 15 is 0 Å². The first-order valence-electron chi connectivity index (χ1n) is 5.99. The summed E-state index contributed by atoms with van der Waals surface area (Å²) in [6.45, 7) is 5.59. The third-order valence-corrected chi connectivity index (χ3v) is 3.98. The van der Waals surface area contributed by atoms with Gasteiger partial charge in [0.25, 0.3) is 0 Å². The first kappa shape index (κ1) is 14.4. The van der Waals surface area contributed by atoms with Crippen molar-refractivity contribution in [3.8, 4) is 5.75 Å². The molecule has 0 saturated carbocycles. The van der Waals surface area contributed by atoms with Crippen LogP contribution in [0.25, 0.3) is 0 Å². The molecule has 3 heteroatoms.